The Morgan fingerprint density at radius 1 is 0.923 bits per heavy atom. The van der Waals surface area contributed by atoms with Gasteiger partial charge in [0, 0.05) is 38.3 Å². The predicted octanol–water partition coefficient (Wildman–Crippen LogP) is 1.81. The summed E-state index contributed by atoms with van der Waals surface area (Å²) in [5.74, 6) is 0. The molecular formula is C11H24N2. The van der Waals surface area contributed by atoms with E-state index in [9.17, 15) is 0 Å². The summed E-state index contributed by atoms with van der Waals surface area (Å²) in [6.45, 7) is 14.2. The average molecular weight is 184 g/mol. The molecule has 0 aromatic heterocycles. The molecule has 0 aromatic rings. The van der Waals surface area contributed by atoms with Gasteiger partial charge in [-0.15, -0.1) is 0 Å². The Morgan fingerprint density at radius 2 is 1.38 bits per heavy atom. The lowest BCUT2D eigenvalue weighted by atomic mass is 10.1. The number of nitrogens with zero attached hydrogens (tertiary/aromatic N) is 2. The van der Waals surface area contributed by atoms with Gasteiger partial charge in [0.1, 0.15) is 0 Å². The van der Waals surface area contributed by atoms with Crippen LogP contribution in [-0.2, 0) is 0 Å². The molecule has 2 nitrogen and oxygen atoms in total. The summed E-state index contributed by atoms with van der Waals surface area (Å²) in [5.41, 5.74) is 0. The molecule has 78 valence electrons. The summed E-state index contributed by atoms with van der Waals surface area (Å²) in [7, 11) is 0. The molecule has 0 radical (unpaired) electrons. The molecule has 1 heterocycles. The van der Waals surface area contributed by atoms with Crippen molar-refractivity contribution in [3.05, 3.63) is 0 Å². The van der Waals surface area contributed by atoms with E-state index in [0.717, 1.165) is 12.1 Å². The average Bonchev–Trinajstić information content (AvgIpc) is 2.17. The third-order valence-electron chi connectivity index (χ3n) is 3.29. The van der Waals surface area contributed by atoms with Gasteiger partial charge in [0.15, 0.2) is 0 Å². The number of hydrogen-bond donors (Lipinski definition) is 0. The lowest BCUT2D eigenvalue weighted by Crippen LogP contribution is -2.51. The van der Waals surface area contributed by atoms with Gasteiger partial charge >= 0.3 is 0 Å². The Hall–Kier alpha value is -0.0800. The molecule has 1 rings (SSSR count). The van der Waals surface area contributed by atoms with Crippen molar-refractivity contribution in [3.8, 4) is 0 Å². The molecule has 13 heavy (non-hydrogen) atoms. The highest BCUT2D eigenvalue weighted by Crippen LogP contribution is 2.10. The van der Waals surface area contributed by atoms with Gasteiger partial charge in [-0.25, -0.2) is 0 Å². The zero-order chi connectivity index (χ0) is 9.84. The largest absolute Gasteiger partial charge is 0.298 e. The Balaban J connectivity index is 2.30. The zero-order valence-electron chi connectivity index (χ0n) is 9.58. The van der Waals surface area contributed by atoms with Crippen molar-refractivity contribution in [2.45, 2.75) is 46.2 Å². The highest BCUT2D eigenvalue weighted by Gasteiger charge is 2.20. The van der Waals surface area contributed by atoms with E-state index in [1.54, 1.807) is 0 Å². The van der Waals surface area contributed by atoms with E-state index in [1.807, 2.05) is 0 Å². The van der Waals surface area contributed by atoms with Crippen LogP contribution in [0.2, 0.25) is 0 Å². The second-order valence-corrected chi connectivity index (χ2v) is 4.42. The van der Waals surface area contributed by atoms with Crippen LogP contribution in [0, 0.1) is 0 Å². The van der Waals surface area contributed by atoms with Crippen molar-refractivity contribution in [2.24, 2.45) is 0 Å². The molecule has 0 bridgehead atoms. The summed E-state index contributed by atoms with van der Waals surface area (Å²) in [6.07, 6.45) is 1.28. The first-order valence-electron chi connectivity index (χ1n) is 5.63. The topological polar surface area (TPSA) is 6.48 Å². The van der Waals surface area contributed by atoms with Crippen molar-refractivity contribution in [3.63, 3.8) is 0 Å². The number of piperazine rings is 1. The smallest absolute Gasteiger partial charge is 0.0113 e. The molecule has 1 unspecified atom stereocenters. The lowest BCUT2D eigenvalue weighted by Gasteiger charge is -2.39. The molecule has 0 N–H and O–H groups in total. The summed E-state index contributed by atoms with van der Waals surface area (Å²) in [5, 5.41) is 0. The fraction of sp³-hybridized carbons (Fsp3) is 1.00. The van der Waals surface area contributed by atoms with Crippen LogP contribution in [0.15, 0.2) is 0 Å². The molecule has 1 saturated heterocycles. The standard InChI is InChI=1S/C11H24N2/c1-5-11(4)13-8-6-12(7-9-13)10(2)3/h10-11H,5-9H2,1-4H3. The molecule has 0 aromatic carbocycles. The van der Waals surface area contributed by atoms with Crippen LogP contribution < -0.4 is 0 Å². The zero-order valence-corrected chi connectivity index (χ0v) is 9.58. The second-order valence-electron chi connectivity index (χ2n) is 4.42. The summed E-state index contributed by atoms with van der Waals surface area (Å²) < 4.78 is 0. The van der Waals surface area contributed by atoms with Crippen LogP contribution in [0.5, 0.6) is 0 Å². The van der Waals surface area contributed by atoms with Gasteiger partial charge in [0.05, 0.1) is 0 Å². The van der Waals surface area contributed by atoms with Gasteiger partial charge in [-0.1, -0.05) is 6.92 Å². The van der Waals surface area contributed by atoms with Gasteiger partial charge in [-0.05, 0) is 27.2 Å². The number of hydrogen-bond acceptors (Lipinski definition) is 2. The van der Waals surface area contributed by atoms with E-state index in [1.165, 1.54) is 32.6 Å². The molecule has 1 atom stereocenters. The quantitative estimate of drug-likeness (QED) is 0.660. The van der Waals surface area contributed by atoms with E-state index in [-0.39, 0.29) is 0 Å². The molecule has 2 heteroatoms. The molecule has 0 saturated carbocycles. The van der Waals surface area contributed by atoms with Crippen LogP contribution in [0.1, 0.15) is 34.1 Å². The third-order valence-corrected chi connectivity index (χ3v) is 3.29. The van der Waals surface area contributed by atoms with Crippen molar-refractivity contribution in [1.82, 2.24) is 9.80 Å². The summed E-state index contributed by atoms with van der Waals surface area (Å²) in [6, 6.07) is 1.49. The molecule has 1 aliphatic rings. The van der Waals surface area contributed by atoms with Crippen molar-refractivity contribution < 1.29 is 0 Å². The Morgan fingerprint density at radius 3 is 1.77 bits per heavy atom. The first-order valence-corrected chi connectivity index (χ1v) is 5.63. The van der Waals surface area contributed by atoms with E-state index in [4.69, 9.17) is 0 Å². The summed E-state index contributed by atoms with van der Waals surface area (Å²) in [4.78, 5) is 5.18. The van der Waals surface area contributed by atoms with Crippen LogP contribution in [-0.4, -0.2) is 48.1 Å². The molecule has 0 amide bonds. The normalized spacial score (nSPS) is 23.8. The predicted molar refractivity (Wildman–Crippen MR) is 58.0 cm³/mol. The van der Waals surface area contributed by atoms with Crippen LogP contribution in [0.4, 0.5) is 0 Å². The van der Waals surface area contributed by atoms with Gasteiger partial charge in [0.2, 0.25) is 0 Å². The molecule has 1 fully saturated rings. The highest BCUT2D eigenvalue weighted by molar-refractivity contribution is 4.77. The van der Waals surface area contributed by atoms with Gasteiger partial charge < -0.3 is 0 Å². The number of rotatable bonds is 3. The minimum absolute atomic E-state index is 0.721. The first-order chi connectivity index (χ1) is 6.15. The summed E-state index contributed by atoms with van der Waals surface area (Å²) >= 11 is 0. The van der Waals surface area contributed by atoms with Crippen molar-refractivity contribution in [1.29, 1.82) is 0 Å². The maximum absolute atomic E-state index is 2.61. The fourth-order valence-corrected chi connectivity index (χ4v) is 1.95. The Kier molecular flexibility index (Phi) is 4.20. The molecule has 0 spiro atoms. The van der Waals surface area contributed by atoms with Gasteiger partial charge in [0.25, 0.3) is 0 Å². The van der Waals surface area contributed by atoms with Crippen LogP contribution >= 0.6 is 0 Å². The maximum Gasteiger partial charge on any atom is 0.0113 e. The maximum atomic E-state index is 2.61. The van der Waals surface area contributed by atoms with Crippen molar-refractivity contribution >= 4 is 0 Å². The minimum Gasteiger partial charge on any atom is -0.298 e. The van der Waals surface area contributed by atoms with Crippen LogP contribution in [0.25, 0.3) is 0 Å². The Bertz CT molecular complexity index is 137. The van der Waals surface area contributed by atoms with Crippen molar-refractivity contribution in [2.75, 3.05) is 26.2 Å². The monoisotopic (exact) mass is 184 g/mol. The van der Waals surface area contributed by atoms with E-state index in [0.29, 0.717) is 0 Å². The lowest BCUT2D eigenvalue weighted by molar-refractivity contribution is 0.0822. The highest BCUT2D eigenvalue weighted by atomic mass is 15.3. The third kappa shape index (κ3) is 2.96. The second kappa shape index (κ2) is 4.97. The van der Waals surface area contributed by atoms with Crippen LogP contribution in [0.3, 0.4) is 0 Å². The molecule has 1 aliphatic heterocycles. The minimum atomic E-state index is 0.721. The first kappa shape index (κ1) is 11.0. The molecule has 0 aliphatic carbocycles. The fourth-order valence-electron chi connectivity index (χ4n) is 1.95. The van der Waals surface area contributed by atoms with E-state index < -0.39 is 0 Å². The molecular weight excluding hydrogens is 160 g/mol. The van der Waals surface area contributed by atoms with E-state index in [2.05, 4.69) is 37.5 Å². The van der Waals surface area contributed by atoms with Gasteiger partial charge in [-0.2, -0.15) is 0 Å². The van der Waals surface area contributed by atoms with E-state index >= 15 is 0 Å². The SMILES string of the molecule is CCC(C)N1CCN(C(C)C)CC1. The Labute approximate surface area is 82.9 Å². The van der Waals surface area contributed by atoms with Gasteiger partial charge in [-0.3, -0.25) is 9.80 Å².